The molecule has 0 fully saturated rings. The minimum absolute atomic E-state index is 0.624. The summed E-state index contributed by atoms with van der Waals surface area (Å²) < 4.78 is 4.75. The topological polar surface area (TPSA) is 54.7 Å². The second-order valence-electron chi connectivity index (χ2n) is 3.11. The van der Waals surface area contributed by atoms with Gasteiger partial charge in [0.1, 0.15) is 17.5 Å². The molecule has 0 radical (unpaired) electrons. The van der Waals surface area contributed by atoms with E-state index in [-0.39, 0.29) is 0 Å². The molecule has 0 spiro atoms. The number of halogens is 1. The largest absolute Gasteiger partial charge is 0.364 e. The first-order chi connectivity index (χ1) is 7.34. The van der Waals surface area contributed by atoms with E-state index in [0.29, 0.717) is 16.5 Å². The molecular weight excluding hydrogens is 214 g/mol. The van der Waals surface area contributed by atoms with E-state index in [4.69, 9.17) is 16.1 Å². The lowest BCUT2D eigenvalue weighted by Crippen LogP contribution is -1.77. The number of H-pyrrole nitrogens is 1. The molecule has 0 aliphatic heterocycles. The van der Waals surface area contributed by atoms with E-state index < -0.39 is 0 Å². The summed E-state index contributed by atoms with van der Waals surface area (Å²) in [6.45, 7) is 0. The molecule has 2 aromatic heterocycles. The Morgan fingerprint density at radius 3 is 2.93 bits per heavy atom. The zero-order valence-corrected chi connectivity index (χ0v) is 8.32. The molecule has 4 nitrogen and oxygen atoms in total. The second-order valence-corrected chi connectivity index (χ2v) is 3.51. The number of nitrogens with one attached hydrogen (secondary N) is 1. The van der Waals surface area contributed by atoms with E-state index in [0.717, 1.165) is 11.0 Å². The molecule has 74 valence electrons. The number of aromatic amines is 1. The number of para-hydroxylation sites is 1. The molecule has 0 aliphatic carbocycles. The van der Waals surface area contributed by atoms with Crippen LogP contribution in [0, 0.1) is 0 Å². The Balaban J connectivity index is 2.27. The maximum atomic E-state index is 6.01. The summed E-state index contributed by atoms with van der Waals surface area (Å²) in [7, 11) is 0. The molecule has 0 saturated carbocycles. The fourth-order valence-corrected chi connectivity index (χ4v) is 1.67. The molecule has 2 heterocycles. The summed E-state index contributed by atoms with van der Waals surface area (Å²) in [6.07, 6.45) is 1.50. The Morgan fingerprint density at radius 2 is 2.20 bits per heavy atom. The van der Waals surface area contributed by atoms with Crippen LogP contribution < -0.4 is 0 Å². The van der Waals surface area contributed by atoms with Crippen LogP contribution in [-0.2, 0) is 0 Å². The van der Waals surface area contributed by atoms with E-state index in [2.05, 4.69) is 15.1 Å². The van der Waals surface area contributed by atoms with Crippen molar-refractivity contribution in [1.82, 2.24) is 15.1 Å². The van der Waals surface area contributed by atoms with Gasteiger partial charge in [-0.1, -0.05) is 22.8 Å². The second kappa shape index (κ2) is 3.10. The zero-order chi connectivity index (χ0) is 10.3. The molecule has 0 aliphatic rings. The van der Waals surface area contributed by atoms with Gasteiger partial charge in [0.2, 0.25) is 0 Å². The molecule has 15 heavy (non-hydrogen) atoms. The Kier molecular flexibility index (Phi) is 1.76. The number of hydrogen-bond acceptors (Lipinski definition) is 3. The van der Waals surface area contributed by atoms with Crippen LogP contribution in [0.1, 0.15) is 0 Å². The number of fused-ring (bicyclic) bond motifs is 1. The summed E-state index contributed by atoms with van der Waals surface area (Å²) >= 11 is 6.01. The summed E-state index contributed by atoms with van der Waals surface area (Å²) in [4.78, 5) is 7.47. The van der Waals surface area contributed by atoms with Crippen molar-refractivity contribution in [3.63, 3.8) is 0 Å². The van der Waals surface area contributed by atoms with Gasteiger partial charge in [0.25, 0.3) is 0 Å². The highest BCUT2D eigenvalue weighted by molar-refractivity contribution is 6.34. The standard InChI is InChI=1S/C10H6ClN3O/c11-6-2-1-3-7-9(6)13-10(12-7)8-4-5-15-14-8/h1-5H,(H,12,13). The molecule has 5 heteroatoms. The normalized spacial score (nSPS) is 11.0. The van der Waals surface area contributed by atoms with Crippen LogP contribution in [0.5, 0.6) is 0 Å². The Labute approximate surface area is 89.9 Å². The lowest BCUT2D eigenvalue weighted by molar-refractivity contribution is 0.422. The predicted octanol–water partition coefficient (Wildman–Crippen LogP) is 2.87. The lowest BCUT2D eigenvalue weighted by atomic mass is 10.3. The van der Waals surface area contributed by atoms with Gasteiger partial charge >= 0.3 is 0 Å². The highest BCUT2D eigenvalue weighted by atomic mass is 35.5. The molecule has 0 bridgehead atoms. The Bertz CT molecular complexity index is 600. The van der Waals surface area contributed by atoms with Gasteiger partial charge < -0.3 is 9.51 Å². The van der Waals surface area contributed by atoms with Crippen molar-refractivity contribution in [2.75, 3.05) is 0 Å². The summed E-state index contributed by atoms with van der Waals surface area (Å²) in [5, 5.41) is 4.42. The van der Waals surface area contributed by atoms with Crippen molar-refractivity contribution in [2.24, 2.45) is 0 Å². The number of hydrogen-bond donors (Lipinski definition) is 1. The minimum Gasteiger partial charge on any atom is -0.364 e. The fourth-order valence-electron chi connectivity index (χ4n) is 1.45. The molecule has 0 atom stereocenters. The van der Waals surface area contributed by atoms with E-state index >= 15 is 0 Å². The smallest absolute Gasteiger partial charge is 0.160 e. The number of nitrogens with zero attached hydrogens (tertiary/aromatic N) is 2. The molecule has 0 unspecified atom stereocenters. The first-order valence-corrected chi connectivity index (χ1v) is 4.77. The SMILES string of the molecule is Clc1cccc2[nH]c(-c3ccon3)nc12. The number of aromatic nitrogens is 3. The van der Waals surface area contributed by atoms with Crippen LogP contribution in [0.4, 0.5) is 0 Å². The van der Waals surface area contributed by atoms with Crippen LogP contribution in [0.15, 0.2) is 35.1 Å². The van der Waals surface area contributed by atoms with Crippen LogP contribution >= 0.6 is 11.6 Å². The summed E-state index contributed by atoms with van der Waals surface area (Å²) in [6, 6.07) is 7.33. The quantitative estimate of drug-likeness (QED) is 0.685. The molecule has 3 aromatic rings. The molecule has 0 saturated heterocycles. The number of imidazole rings is 1. The Morgan fingerprint density at radius 1 is 1.27 bits per heavy atom. The number of benzene rings is 1. The summed E-state index contributed by atoms with van der Waals surface area (Å²) in [5.41, 5.74) is 2.31. The third-order valence-electron chi connectivity index (χ3n) is 2.14. The third kappa shape index (κ3) is 1.30. The molecular formula is C10H6ClN3O. The van der Waals surface area contributed by atoms with Gasteiger partial charge in [-0.25, -0.2) is 4.98 Å². The highest BCUT2D eigenvalue weighted by Gasteiger charge is 2.09. The monoisotopic (exact) mass is 219 g/mol. The van der Waals surface area contributed by atoms with Crippen molar-refractivity contribution in [2.45, 2.75) is 0 Å². The van der Waals surface area contributed by atoms with Crippen LogP contribution in [0.25, 0.3) is 22.6 Å². The summed E-state index contributed by atoms with van der Waals surface area (Å²) in [5.74, 6) is 0.659. The fraction of sp³-hybridized carbons (Fsp3) is 0. The van der Waals surface area contributed by atoms with Gasteiger partial charge in [0.15, 0.2) is 5.82 Å². The molecule has 0 amide bonds. The van der Waals surface area contributed by atoms with Crippen LogP contribution in [0.3, 0.4) is 0 Å². The average Bonchev–Trinajstić information content (AvgIpc) is 2.86. The maximum Gasteiger partial charge on any atom is 0.160 e. The first kappa shape index (κ1) is 8.49. The minimum atomic E-state index is 0.624. The maximum absolute atomic E-state index is 6.01. The van der Waals surface area contributed by atoms with E-state index in [9.17, 15) is 0 Å². The average molecular weight is 220 g/mol. The predicted molar refractivity (Wildman–Crippen MR) is 56.6 cm³/mol. The van der Waals surface area contributed by atoms with E-state index in [1.807, 2.05) is 12.1 Å². The van der Waals surface area contributed by atoms with Crippen molar-refractivity contribution in [1.29, 1.82) is 0 Å². The van der Waals surface area contributed by atoms with Crippen LogP contribution in [-0.4, -0.2) is 15.1 Å². The van der Waals surface area contributed by atoms with Gasteiger partial charge in [-0.05, 0) is 12.1 Å². The lowest BCUT2D eigenvalue weighted by Gasteiger charge is -1.88. The van der Waals surface area contributed by atoms with Crippen LogP contribution in [0.2, 0.25) is 5.02 Å². The van der Waals surface area contributed by atoms with Crippen molar-refractivity contribution in [3.8, 4) is 11.5 Å². The first-order valence-electron chi connectivity index (χ1n) is 4.39. The third-order valence-corrected chi connectivity index (χ3v) is 2.45. The van der Waals surface area contributed by atoms with Crippen molar-refractivity contribution >= 4 is 22.6 Å². The van der Waals surface area contributed by atoms with Gasteiger partial charge in [-0.3, -0.25) is 0 Å². The molecule has 3 rings (SSSR count). The highest BCUT2D eigenvalue weighted by Crippen LogP contribution is 2.24. The van der Waals surface area contributed by atoms with Gasteiger partial charge in [-0.15, -0.1) is 0 Å². The van der Waals surface area contributed by atoms with Crippen molar-refractivity contribution < 1.29 is 4.52 Å². The van der Waals surface area contributed by atoms with Gasteiger partial charge in [0.05, 0.1) is 10.5 Å². The molecule has 1 N–H and O–H groups in total. The van der Waals surface area contributed by atoms with Gasteiger partial charge in [-0.2, -0.15) is 0 Å². The van der Waals surface area contributed by atoms with E-state index in [1.165, 1.54) is 6.26 Å². The number of rotatable bonds is 1. The zero-order valence-electron chi connectivity index (χ0n) is 7.57. The Hall–Kier alpha value is -1.81. The van der Waals surface area contributed by atoms with Gasteiger partial charge in [0, 0.05) is 6.07 Å². The molecule has 1 aromatic carbocycles. The van der Waals surface area contributed by atoms with Crippen molar-refractivity contribution in [3.05, 3.63) is 35.6 Å². The van der Waals surface area contributed by atoms with E-state index in [1.54, 1.807) is 12.1 Å².